The molecule has 0 saturated carbocycles. The quantitative estimate of drug-likeness (QED) is 0.456. The van der Waals surface area contributed by atoms with Crippen LogP contribution in [0, 0.1) is 11.6 Å². The van der Waals surface area contributed by atoms with Crippen LogP contribution in [0.4, 0.5) is 8.78 Å². The molecule has 4 nitrogen and oxygen atoms in total. The smallest absolute Gasteiger partial charge is 0.257 e. The van der Waals surface area contributed by atoms with Gasteiger partial charge in [-0.05, 0) is 53.1 Å². The maximum atomic E-state index is 13.6. The molecule has 0 radical (unpaired) electrons. The van der Waals surface area contributed by atoms with Gasteiger partial charge < -0.3 is 0 Å². The Balaban J connectivity index is 1.53. The van der Waals surface area contributed by atoms with Crippen molar-refractivity contribution in [2.45, 2.75) is 26.2 Å². The van der Waals surface area contributed by atoms with Gasteiger partial charge in [-0.25, -0.2) is 13.8 Å². The molecule has 0 unspecified atom stereocenters. The highest BCUT2D eigenvalue weighted by Gasteiger charge is 2.26. The van der Waals surface area contributed by atoms with Gasteiger partial charge in [-0.3, -0.25) is 14.3 Å². The van der Waals surface area contributed by atoms with Gasteiger partial charge >= 0.3 is 0 Å². The van der Waals surface area contributed by atoms with E-state index in [1.54, 1.807) is 22.9 Å². The molecule has 31 heavy (non-hydrogen) atoms. The number of aromatic nitrogens is 2. The van der Waals surface area contributed by atoms with Gasteiger partial charge in [-0.1, -0.05) is 23.7 Å². The SMILES string of the molecule is O=c1c2c(c3cccnc3n1Cc1ccc(Cl)cc1)CN(Cc1cc(F)cc(F)c1)C2. The minimum absolute atomic E-state index is 0.0935. The lowest BCUT2D eigenvalue weighted by molar-refractivity contribution is 0.274. The Morgan fingerprint density at radius 1 is 0.903 bits per heavy atom. The molecular formula is C24H18ClF2N3O. The lowest BCUT2D eigenvalue weighted by Gasteiger charge is -2.14. The molecule has 4 aromatic rings. The lowest BCUT2D eigenvalue weighted by atomic mass is 10.1. The number of hydrogen-bond acceptors (Lipinski definition) is 3. The molecule has 2 aromatic heterocycles. The van der Waals surface area contributed by atoms with E-state index in [1.807, 2.05) is 29.2 Å². The second kappa shape index (κ2) is 7.87. The van der Waals surface area contributed by atoms with E-state index < -0.39 is 11.6 Å². The second-order valence-electron chi connectivity index (χ2n) is 7.77. The van der Waals surface area contributed by atoms with Crippen LogP contribution in [-0.2, 0) is 26.2 Å². The highest BCUT2D eigenvalue weighted by Crippen LogP contribution is 2.28. The van der Waals surface area contributed by atoms with Crippen molar-refractivity contribution in [1.29, 1.82) is 0 Å². The summed E-state index contributed by atoms with van der Waals surface area (Å²) in [6, 6.07) is 14.7. The predicted octanol–water partition coefficient (Wildman–Crippen LogP) is 4.89. The van der Waals surface area contributed by atoms with Crippen LogP contribution >= 0.6 is 11.6 Å². The van der Waals surface area contributed by atoms with E-state index in [2.05, 4.69) is 4.98 Å². The zero-order chi connectivity index (χ0) is 21.5. The molecule has 0 bridgehead atoms. The Hall–Kier alpha value is -3.09. The zero-order valence-corrected chi connectivity index (χ0v) is 17.2. The van der Waals surface area contributed by atoms with Crippen molar-refractivity contribution in [1.82, 2.24) is 14.5 Å². The van der Waals surface area contributed by atoms with Crippen molar-refractivity contribution in [2.75, 3.05) is 0 Å². The van der Waals surface area contributed by atoms with E-state index in [-0.39, 0.29) is 5.56 Å². The van der Waals surface area contributed by atoms with Gasteiger partial charge in [0.2, 0.25) is 0 Å². The Morgan fingerprint density at radius 2 is 1.61 bits per heavy atom. The lowest BCUT2D eigenvalue weighted by Crippen LogP contribution is -2.26. The first kappa shape index (κ1) is 19.8. The van der Waals surface area contributed by atoms with Crippen molar-refractivity contribution in [3.8, 4) is 0 Å². The molecule has 2 aromatic carbocycles. The van der Waals surface area contributed by atoms with Crippen LogP contribution in [0.25, 0.3) is 11.0 Å². The van der Waals surface area contributed by atoms with Crippen LogP contribution in [0.3, 0.4) is 0 Å². The van der Waals surface area contributed by atoms with Crippen molar-refractivity contribution in [3.63, 3.8) is 0 Å². The molecule has 1 aliphatic heterocycles. The minimum Gasteiger partial charge on any atom is -0.290 e. The molecule has 0 saturated heterocycles. The van der Waals surface area contributed by atoms with Crippen molar-refractivity contribution in [2.24, 2.45) is 0 Å². The molecule has 0 N–H and O–H groups in total. The molecular weight excluding hydrogens is 420 g/mol. The summed E-state index contributed by atoms with van der Waals surface area (Å²) in [6.07, 6.45) is 1.68. The number of halogens is 3. The van der Waals surface area contributed by atoms with Gasteiger partial charge in [0.05, 0.1) is 6.54 Å². The van der Waals surface area contributed by atoms with Crippen LogP contribution in [0.2, 0.25) is 5.02 Å². The number of fused-ring (bicyclic) bond motifs is 3. The summed E-state index contributed by atoms with van der Waals surface area (Å²) in [7, 11) is 0. The third-order valence-corrected chi connectivity index (χ3v) is 5.83. The summed E-state index contributed by atoms with van der Waals surface area (Å²) < 4.78 is 28.9. The van der Waals surface area contributed by atoms with Crippen LogP contribution in [0.1, 0.15) is 22.3 Å². The van der Waals surface area contributed by atoms with E-state index in [9.17, 15) is 13.6 Å². The molecule has 3 heterocycles. The first-order chi connectivity index (χ1) is 15.0. The molecule has 1 aliphatic rings. The monoisotopic (exact) mass is 437 g/mol. The van der Waals surface area contributed by atoms with Gasteiger partial charge in [0.1, 0.15) is 17.3 Å². The maximum Gasteiger partial charge on any atom is 0.257 e. The van der Waals surface area contributed by atoms with Crippen LogP contribution in [-0.4, -0.2) is 14.5 Å². The van der Waals surface area contributed by atoms with Crippen LogP contribution < -0.4 is 5.56 Å². The van der Waals surface area contributed by atoms with E-state index in [1.165, 1.54) is 12.1 Å². The second-order valence-corrected chi connectivity index (χ2v) is 8.21. The van der Waals surface area contributed by atoms with E-state index in [0.29, 0.717) is 48.0 Å². The minimum atomic E-state index is -0.605. The first-order valence-corrected chi connectivity index (χ1v) is 10.3. The standard InChI is InChI=1S/C24H18ClF2N3O/c25-17-5-3-15(4-6-17)12-30-23-20(2-1-7-28-23)21-13-29(14-22(21)24(30)31)11-16-8-18(26)10-19(27)9-16/h1-10H,11-14H2. The van der Waals surface area contributed by atoms with Crippen molar-refractivity contribution >= 4 is 22.6 Å². The zero-order valence-electron chi connectivity index (χ0n) is 16.5. The Labute approximate surface area is 182 Å². The molecule has 156 valence electrons. The number of hydrogen-bond donors (Lipinski definition) is 0. The molecule has 7 heteroatoms. The van der Waals surface area contributed by atoms with Gasteiger partial charge in [-0.15, -0.1) is 0 Å². The van der Waals surface area contributed by atoms with E-state index in [0.717, 1.165) is 22.6 Å². The third kappa shape index (κ3) is 3.84. The normalized spacial score (nSPS) is 13.6. The average molecular weight is 438 g/mol. The van der Waals surface area contributed by atoms with Crippen LogP contribution in [0.5, 0.6) is 0 Å². The number of benzene rings is 2. The molecule has 5 rings (SSSR count). The Bertz CT molecular complexity index is 1330. The average Bonchev–Trinajstić information content (AvgIpc) is 3.16. The molecule has 0 amide bonds. The summed E-state index contributed by atoms with van der Waals surface area (Å²) in [5.41, 5.74) is 3.64. The predicted molar refractivity (Wildman–Crippen MR) is 116 cm³/mol. The topological polar surface area (TPSA) is 38.1 Å². The molecule has 0 spiro atoms. The third-order valence-electron chi connectivity index (χ3n) is 5.58. The maximum absolute atomic E-state index is 13.6. The van der Waals surface area contributed by atoms with Crippen LogP contribution in [0.15, 0.2) is 65.6 Å². The summed E-state index contributed by atoms with van der Waals surface area (Å²) in [4.78, 5) is 19.9. The summed E-state index contributed by atoms with van der Waals surface area (Å²) in [5, 5.41) is 1.55. The van der Waals surface area contributed by atoms with Crippen molar-refractivity contribution in [3.05, 3.63) is 110 Å². The van der Waals surface area contributed by atoms with E-state index >= 15 is 0 Å². The van der Waals surface area contributed by atoms with Crippen molar-refractivity contribution < 1.29 is 8.78 Å². The number of nitrogens with zero attached hydrogens (tertiary/aromatic N) is 3. The highest BCUT2D eigenvalue weighted by molar-refractivity contribution is 6.30. The number of pyridine rings is 2. The summed E-state index contributed by atoms with van der Waals surface area (Å²) >= 11 is 5.99. The fourth-order valence-corrected chi connectivity index (χ4v) is 4.36. The Kier molecular flexibility index (Phi) is 5.04. The molecule has 0 aliphatic carbocycles. The number of rotatable bonds is 4. The van der Waals surface area contributed by atoms with Gasteiger partial charge in [0.15, 0.2) is 0 Å². The van der Waals surface area contributed by atoms with Gasteiger partial charge in [0.25, 0.3) is 5.56 Å². The largest absolute Gasteiger partial charge is 0.290 e. The first-order valence-electron chi connectivity index (χ1n) is 9.89. The molecule has 0 fully saturated rings. The van der Waals surface area contributed by atoms with Gasteiger partial charge in [0, 0.05) is 47.9 Å². The molecule has 0 atom stereocenters. The fourth-order valence-electron chi connectivity index (χ4n) is 4.24. The highest BCUT2D eigenvalue weighted by atomic mass is 35.5. The summed E-state index contributed by atoms with van der Waals surface area (Å²) in [5.74, 6) is -1.21. The van der Waals surface area contributed by atoms with Gasteiger partial charge in [-0.2, -0.15) is 0 Å². The van der Waals surface area contributed by atoms with E-state index in [4.69, 9.17) is 11.6 Å². The Morgan fingerprint density at radius 3 is 2.35 bits per heavy atom. The summed E-state index contributed by atoms with van der Waals surface area (Å²) in [6.45, 7) is 1.66. The fraction of sp³-hybridized carbons (Fsp3) is 0.167.